The van der Waals surface area contributed by atoms with Crippen molar-refractivity contribution in [1.29, 1.82) is 0 Å². The van der Waals surface area contributed by atoms with E-state index in [1.807, 2.05) is 12.3 Å². The maximum Gasteiger partial charge on any atom is 0.160 e. The van der Waals surface area contributed by atoms with E-state index in [1.165, 1.54) is 32.7 Å². The molecule has 0 bridgehead atoms. The number of aliphatic imine (C=N–C) groups is 1. The molecule has 1 aliphatic rings. The van der Waals surface area contributed by atoms with Crippen molar-refractivity contribution < 1.29 is 0 Å². The highest BCUT2D eigenvalue weighted by molar-refractivity contribution is 5.97. The maximum absolute atomic E-state index is 5.18. The summed E-state index contributed by atoms with van der Waals surface area (Å²) < 4.78 is 0. The van der Waals surface area contributed by atoms with E-state index in [1.54, 1.807) is 0 Å². The fraction of sp³-hybridized carbons (Fsp3) is 0. The second-order valence-electron chi connectivity index (χ2n) is 12.1. The van der Waals surface area contributed by atoms with E-state index in [0.717, 1.165) is 50.5 Å². The highest BCUT2D eigenvalue weighted by Gasteiger charge is 2.13. The molecule has 1 aliphatic heterocycles. The van der Waals surface area contributed by atoms with Crippen LogP contribution in [-0.2, 0) is 0 Å². The van der Waals surface area contributed by atoms with Crippen molar-refractivity contribution in [2.45, 2.75) is 0 Å². The molecular weight excluding hydrogens is 583 g/mol. The molecule has 224 valence electrons. The van der Waals surface area contributed by atoms with Crippen LogP contribution >= 0.6 is 0 Å². The van der Waals surface area contributed by atoms with Crippen molar-refractivity contribution in [2.24, 2.45) is 4.99 Å². The summed E-state index contributed by atoms with van der Waals surface area (Å²) in [6.07, 6.45) is 3.86. The third-order valence-corrected chi connectivity index (χ3v) is 9.13. The topological polar surface area (TPSA) is 38.1 Å². The molecule has 2 heterocycles. The van der Waals surface area contributed by atoms with E-state index < -0.39 is 0 Å². The quantitative estimate of drug-likeness (QED) is 0.188. The van der Waals surface area contributed by atoms with Gasteiger partial charge < -0.3 is 0 Å². The van der Waals surface area contributed by atoms with Crippen molar-refractivity contribution >= 4 is 33.5 Å². The van der Waals surface area contributed by atoms with E-state index in [-0.39, 0.29) is 0 Å². The Morgan fingerprint density at radius 3 is 1.69 bits per heavy atom. The molecule has 0 saturated carbocycles. The summed E-state index contributed by atoms with van der Waals surface area (Å²) in [5, 5.41) is 4.85. The minimum atomic E-state index is 0.699. The highest BCUT2D eigenvalue weighted by atomic mass is 14.9. The summed E-state index contributed by atoms with van der Waals surface area (Å²) in [5.41, 5.74) is 11.7. The maximum atomic E-state index is 5.18. The Morgan fingerprint density at radius 2 is 0.938 bits per heavy atom. The predicted octanol–water partition coefficient (Wildman–Crippen LogP) is 11.5. The monoisotopic (exact) mass is 611 g/mol. The second-order valence-corrected chi connectivity index (χ2v) is 12.1. The molecule has 1 aromatic heterocycles. The summed E-state index contributed by atoms with van der Waals surface area (Å²) in [4.78, 5) is 14.7. The Bertz CT molecular complexity index is 2540. The normalized spacial score (nSPS) is 12.2. The van der Waals surface area contributed by atoms with Gasteiger partial charge >= 0.3 is 0 Å². The molecule has 0 N–H and O–H groups in total. The Kier molecular flexibility index (Phi) is 6.80. The van der Waals surface area contributed by atoms with Crippen LogP contribution in [0.1, 0.15) is 5.56 Å². The lowest BCUT2D eigenvalue weighted by Crippen LogP contribution is -1.96. The van der Waals surface area contributed by atoms with E-state index in [2.05, 4.69) is 169 Å². The van der Waals surface area contributed by atoms with E-state index in [9.17, 15) is 0 Å². The average molecular weight is 612 g/mol. The molecule has 0 unspecified atom stereocenters. The average Bonchev–Trinajstić information content (AvgIpc) is 3.14. The van der Waals surface area contributed by atoms with Crippen LogP contribution in [0.25, 0.3) is 83.4 Å². The van der Waals surface area contributed by atoms with Crippen LogP contribution in [0.3, 0.4) is 0 Å². The molecule has 0 radical (unpaired) electrons. The van der Waals surface area contributed by atoms with Crippen LogP contribution in [-0.4, -0.2) is 16.2 Å². The number of nitrogens with zero attached hydrogens (tertiary/aromatic N) is 3. The Hall–Kier alpha value is -6.45. The van der Waals surface area contributed by atoms with Gasteiger partial charge in [-0.1, -0.05) is 146 Å². The molecule has 9 rings (SSSR count). The molecule has 7 aromatic carbocycles. The number of aromatic nitrogens is 2. The fourth-order valence-electron chi connectivity index (χ4n) is 6.51. The first-order valence-electron chi connectivity index (χ1n) is 16.2. The largest absolute Gasteiger partial charge is 0.256 e. The van der Waals surface area contributed by atoms with E-state index in [0.29, 0.717) is 5.82 Å². The number of benzene rings is 7. The van der Waals surface area contributed by atoms with Gasteiger partial charge in [0.25, 0.3) is 0 Å². The zero-order valence-electron chi connectivity index (χ0n) is 26.1. The Morgan fingerprint density at radius 1 is 0.354 bits per heavy atom. The molecule has 0 saturated heterocycles. The van der Waals surface area contributed by atoms with Crippen LogP contribution in [0.4, 0.5) is 0 Å². The second kappa shape index (κ2) is 11.7. The minimum absolute atomic E-state index is 0.699. The molecule has 0 fully saturated rings. The zero-order chi connectivity index (χ0) is 31.9. The Balaban J connectivity index is 1.14. The number of allylic oxidation sites excluding steroid dienone is 1. The summed E-state index contributed by atoms with van der Waals surface area (Å²) >= 11 is 0. The molecular formula is C45H29N3. The number of rotatable bonds is 6. The number of hydrogen-bond donors (Lipinski definition) is 0. The molecule has 0 spiro atoms. The van der Waals surface area contributed by atoms with Crippen LogP contribution in [0.2, 0.25) is 0 Å². The molecule has 48 heavy (non-hydrogen) atoms. The smallest absolute Gasteiger partial charge is 0.160 e. The molecule has 3 heteroatoms. The van der Waals surface area contributed by atoms with Gasteiger partial charge in [-0.3, -0.25) is 4.99 Å². The summed E-state index contributed by atoms with van der Waals surface area (Å²) in [6, 6.07) is 57.9. The van der Waals surface area contributed by atoms with Gasteiger partial charge in [-0.2, -0.15) is 0 Å². The third-order valence-electron chi connectivity index (χ3n) is 9.13. The lowest BCUT2D eigenvalue weighted by atomic mass is 9.96. The zero-order valence-corrected chi connectivity index (χ0v) is 26.1. The van der Waals surface area contributed by atoms with Gasteiger partial charge in [0, 0.05) is 28.5 Å². The SMILES string of the molecule is C1=NC(c2ccc(-c3ccc(-c4cc(-c5ccc6ccccc6c5)nc(-c5cccc(-c6cccc7ccccc67)c5)n4)cc3)cc2)=C1. The van der Waals surface area contributed by atoms with Crippen LogP contribution in [0.15, 0.2) is 175 Å². The van der Waals surface area contributed by atoms with Crippen molar-refractivity contribution in [3.05, 3.63) is 175 Å². The first kappa shape index (κ1) is 27.8. The predicted molar refractivity (Wildman–Crippen MR) is 201 cm³/mol. The highest BCUT2D eigenvalue weighted by Crippen LogP contribution is 2.34. The molecule has 8 aromatic rings. The van der Waals surface area contributed by atoms with Gasteiger partial charge in [0.1, 0.15) is 0 Å². The van der Waals surface area contributed by atoms with E-state index in [4.69, 9.17) is 9.97 Å². The molecule has 0 amide bonds. The lowest BCUT2D eigenvalue weighted by molar-refractivity contribution is 1.18. The van der Waals surface area contributed by atoms with Gasteiger partial charge in [-0.25, -0.2) is 9.97 Å². The van der Waals surface area contributed by atoms with Crippen molar-refractivity contribution in [3.8, 4) is 56.2 Å². The molecule has 0 atom stereocenters. The first-order valence-corrected chi connectivity index (χ1v) is 16.2. The summed E-state index contributed by atoms with van der Waals surface area (Å²) in [6.45, 7) is 0. The fourth-order valence-corrected chi connectivity index (χ4v) is 6.51. The first-order chi connectivity index (χ1) is 23.7. The molecule has 3 nitrogen and oxygen atoms in total. The van der Waals surface area contributed by atoms with Crippen LogP contribution < -0.4 is 0 Å². The lowest BCUT2D eigenvalue weighted by Gasteiger charge is -2.12. The van der Waals surface area contributed by atoms with Gasteiger partial charge in [0.05, 0.1) is 17.1 Å². The number of fused-ring (bicyclic) bond motifs is 2. The van der Waals surface area contributed by atoms with Gasteiger partial charge in [0.2, 0.25) is 0 Å². The summed E-state index contributed by atoms with van der Waals surface area (Å²) in [7, 11) is 0. The van der Waals surface area contributed by atoms with Crippen LogP contribution in [0.5, 0.6) is 0 Å². The van der Waals surface area contributed by atoms with Gasteiger partial charge in [-0.15, -0.1) is 0 Å². The third kappa shape index (κ3) is 5.18. The molecule has 0 aliphatic carbocycles. The van der Waals surface area contributed by atoms with Crippen molar-refractivity contribution in [3.63, 3.8) is 0 Å². The van der Waals surface area contributed by atoms with E-state index >= 15 is 0 Å². The standard InChI is InChI=1S/C45H29N3/c1-2-9-36-27-38(24-19-30(36)7-1)44-29-43(35-22-17-32(18-23-35)31-15-20-34(21-16-31)42-25-26-46-42)47-45(48-44)39-12-5-11-37(28-39)41-14-6-10-33-8-3-4-13-40(33)41/h1-29H. The minimum Gasteiger partial charge on any atom is -0.256 e. The van der Waals surface area contributed by atoms with Crippen molar-refractivity contribution in [2.75, 3.05) is 0 Å². The summed E-state index contributed by atoms with van der Waals surface area (Å²) in [5.74, 6) is 0.699. The van der Waals surface area contributed by atoms with Gasteiger partial charge in [-0.05, 0) is 68.1 Å². The van der Waals surface area contributed by atoms with Crippen LogP contribution in [0, 0.1) is 0 Å². The van der Waals surface area contributed by atoms with Crippen molar-refractivity contribution in [1.82, 2.24) is 9.97 Å². The Labute approximate surface area is 279 Å². The van der Waals surface area contributed by atoms with Gasteiger partial charge in [0.15, 0.2) is 5.82 Å². The number of hydrogen-bond acceptors (Lipinski definition) is 3.